The Kier molecular flexibility index (Phi) is 6.47. The van der Waals surface area contributed by atoms with E-state index in [1.54, 1.807) is 0 Å². The quantitative estimate of drug-likeness (QED) is 0.177. The molecule has 5 aromatic heterocycles. The molecule has 7 aromatic carbocycles. The number of aromatic nitrogens is 7. The molecule has 0 aliphatic rings. The van der Waals surface area contributed by atoms with Crippen LogP contribution in [0.15, 0.2) is 180 Å². The van der Waals surface area contributed by atoms with Crippen LogP contribution in [0, 0.1) is 0 Å². The molecule has 0 atom stereocenters. The molecule has 0 bridgehead atoms. The third-order valence-corrected chi connectivity index (χ3v) is 10.7. The summed E-state index contributed by atoms with van der Waals surface area (Å²) in [4.78, 5) is 20.8. The maximum Gasteiger partial charge on any atom is 0.241 e. The number of furan rings is 1. The molecule has 8 nitrogen and oxygen atoms in total. The summed E-state index contributed by atoms with van der Waals surface area (Å²) >= 11 is 0. The lowest BCUT2D eigenvalue weighted by Gasteiger charge is -2.10. The Morgan fingerprint density at radius 1 is 0.411 bits per heavy atom. The topological polar surface area (TPSA) is 79.0 Å². The predicted molar refractivity (Wildman–Crippen MR) is 223 cm³/mol. The summed E-state index contributed by atoms with van der Waals surface area (Å²) in [7, 11) is 0. The number of para-hydroxylation sites is 6. The van der Waals surface area contributed by atoms with Gasteiger partial charge in [0.25, 0.3) is 0 Å². The van der Waals surface area contributed by atoms with Crippen molar-refractivity contribution in [2.24, 2.45) is 0 Å². The van der Waals surface area contributed by atoms with Crippen molar-refractivity contribution in [2.45, 2.75) is 0 Å². The van der Waals surface area contributed by atoms with Crippen molar-refractivity contribution in [3.8, 4) is 45.5 Å². The summed E-state index contributed by atoms with van der Waals surface area (Å²) in [6.45, 7) is 0. The summed E-state index contributed by atoms with van der Waals surface area (Å²) in [5.74, 6) is 2.35. The highest BCUT2D eigenvalue weighted by Crippen LogP contribution is 2.38. The van der Waals surface area contributed by atoms with E-state index < -0.39 is 0 Å². The van der Waals surface area contributed by atoms with Crippen molar-refractivity contribution >= 4 is 60.8 Å². The molecule has 12 rings (SSSR count). The van der Waals surface area contributed by atoms with Crippen molar-refractivity contribution in [3.63, 3.8) is 0 Å². The van der Waals surface area contributed by atoms with Gasteiger partial charge in [0.05, 0.1) is 16.6 Å². The maximum atomic E-state index is 6.37. The highest BCUT2D eigenvalue weighted by Gasteiger charge is 2.25. The normalized spacial score (nSPS) is 11.9. The molecule has 0 saturated heterocycles. The maximum absolute atomic E-state index is 6.37. The molecule has 0 saturated carbocycles. The van der Waals surface area contributed by atoms with Crippen molar-refractivity contribution in [1.82, 2.24) is 33.5 Å². The molecular formula is C48H29N7O. The van der Waals surface area contributed by atoms with Crippen LogP contribution in [0.25, 0.3) is 106 Å². The molecule has 0 unspecified atom stereocenters. The first-order valence-corrected chi connectivity index (χ1v) is 18.6. The van der Waals surface area contributed by atoms with Gasteiger partial charge >= 0.3 is 0 Å². The lowest BCUT2D eigenvalue weighted by molar-refractivity contribution is 0.670. The van der Waals surface area contributed by atoms with Gasteiger partial charge in [0.1, 0.15) is 16.7 Å². The monoisotopic (exact) mass is 719 g/mol. The van der Waals surface area contributed by atoms with Gasteiger partial charge in [-0.1, -0.05) is 140 Å². The second-order valence-electron chi connectivity index (χ2n) is 13.9. The molecule has 56 heavy (non-hydrogen) atoms. The van der Waals surface area contributed by atoms with Gasteiger partial charge in [0.15, 0.2) is 17.3 Å². The van der Waals surface area contributed by atoms with Crippen molar-refractivity contribution in [1.29, 1.82) is 0 Å². The number of nitrogens with zero attached hydrogens (tertiary/aromatic N) is 7. The SMILES string of the molecule is c1ccc(-c2nc(-c3ccc(-c4cccc5c4oc4ccccc45)cc3)nc(-n3c4ccccc4n4c3nc3c5ccccc5n(-c5ccccc5)c34)n2)cc1. The van der Waals surface area contributed by atoms with Crippen LogP contribution >= 0.6 is 0 Å². The minimum atomic E-state index is 0.486. The van der Waals surface area contributed by atoms with E-state index in [4.69, 9.17) is 24.4 Å². The van der Waals surface area contributed by atoms with E-state index in [1.165, 1.54) is 0 Å². The Bertz CT molecular complexity index is 3470. The van der Waals surface area contributed by atoms with Crippen LogP contribution in [0.5, 0.6) is 0 Å². The molecule has 12 aromatic rings. The largest absolute Gasteiger partial charge is 0.455 e. The first-order valence-electron chi connectivity index (χ1n) is 18.6. The van der Waals surface area contributed by atoms with E-state index in [-0.39, 0.29) is 0 Å². The van der Waals surface area contributed by atoms with Crippen molar-refractivity contribution < 1.29 is 4.42 Å². The molecule has 262 valence electrons. The highest BCUT2D eigenvalue weighted by atomic mass is 16.3. The zero-order chi connectivity index (χ0) is 36.7. The Hall–Kier alpha value is -7.84. The second-order valence-corrected chi connectivity index (χ2v) is 13.9. The van der Waals surface area contributed by atoms with Gasteiger partial charge in [-0.2, -0.15) is 9.97 Å². The first kappa shape index (κ1) is 30.6. The molecule has 5 heterocycles. The van der Waals surface area contributed by atoms with Gasteiger partial charge in [0, 0.05) is 38.5 Å². The number of fused-ring (bicyclic) bond motifs is 10. The van der Waals surface area contributed by atoms with Crippen LogP contribution in [-0.2, 0) is 0 Å². The zero-order valence-electron chi connectivity index (χ0n) is 29.8. The summed E-state index contributed by atoms with van der Waals surface area (Å²) in [6, 6.07) is 60.2. The lowest BCUT2D eigenvalue weighted by atomic mass is 10.0. The van der Waals surface area contributed by atoms with E-state index >= 15 is 0 Å². The van der Waals surface area contributed by atoms with Gasteiger partial charge in [-0.3, -0.25) is 8.97 Å². The van der Waals surface area contributed by atoms with Gasteiger partial charge < -0.3 is 4.42 Å². The average Bonchev–Trinajstić information content (AvgIpc) is 4.01. The van der Waals surface area contributed by atoms with Gasteiger partial charge in [-0.25, -0.2) is 14.5 Å². The molecule has 0 radical (unpaired) electrons. The Balaban J connectivity index is 1.08. The van der Waals surface area contributed by atoms with Crippen LogP contribution < -0.4 is 0 Å². The molecule has 0 spiro atoms. The first-order chi connectivity index (χ1) is 27.8. The molecule has 0 amide bonds. The summed E-state index contributed by atoms with van der Waals surface area (Å²) in [5.41, 5.74) is 11.6. The Morgan fingerprint density at radius 3 is 1.80 bits per heavy atom. The van der Waals surface area contributed by atoms with E-state index in [1.807, 2.05) is 60.7 Å². The molecule has 0 aliphatic carbocycles. The van der Waals surface area contributed by atoms with E-state index in [2.05, 4.69) is 129 Å². The Morgan fingerprint density at radius 2 is 1.02 bits per heavy atom. The standard InChI is InChI=1S/C48H29N7O/c1-3-14-31(15-4-1)44-50-45(32-28-26-30(27-29-32)34-20-13-21-36-35-18-8-12-25-41(35)56-43(34)36)52-47(51-44)55-40-24-11-10-23-39(40)54-46-42(49-48(54)55)37-19-7-9-22-38(37)53(46)33-16-5-2-6-17-33/h1-29H. The van der Waals surface area contributed by atoms with Crippen LogP contribution in [-0.4, -0.2) is 33.5 Å². The number of hydrogen-bond donors (Lipinski definition) is 0. The zero-order valence-corrected chi connectivity index (χ0v) is 29.8. The number of hydrogen-bond acceptors (Lipinski definition) is 5. The van der Waals surface area contributed by atoms with Crippen LogP contribution in [0.2, 0.25) is 0 Å². The lowest BCUT2D eigenvalue weighted by Crippen LogP contribution is -2.07. The van der Waals surface area contributed by atoms with Gasteiger partial charge in [-0.15, -0.1) is 0 Å². The second kappa shape index (κ2) is 11.8. The summed E-state index contributed by atoms with van der Waals surface area (Å²) in [5, 5.41) is 3.28. The smallest absolute Gasteiger partial charge is 0.241 e. The fraction of sp³-hybridized carbons (Fsp3) is 0. The summed E-state index contributed by atoms with van der Waals surface area (Å²) < 4.78 is 13.0. The van der Waals surface area contributed by atoms with E-state index in [0.29, 0.717) is 17.6 Å². The Labute approximate surface area is 319 Å². The van der Waals surface area contributed by atoms with E-state index in [0.717, 1.165) is 88.8 Å². The molecule has 8 heteroatoms. The van der Waals surface area contributed by atoms with Crippen LogP contribution in [0.4, 0.5) is 0 Å². The predicted octanol–water partition coefficient (Wildman–Crippen LogP) is 11.5. The van der Waals surface area contributed by atoms with E-state index in [9.17, 15) is 0 Å². The number of imidazole rings is 2. The average molecular weight is 720 g/mol. The van der Waals surface area contributed by atoms with Crippen LogP contribution in [0.1, 0.15) is 0 Å². The molecule has 0 fully saturated rings. The number of rotatable bonds is 5. The van der Waals surface area contributed by atoms with Gasteiger partial charge in [-0.05, 0) is 42.0 Å². The van der Waals surface area contributed by atoms with Crippen molar-refractivity contribution in [3.05, 3.63) is 176 Å². The third kappa shape index (κ3) is 4.47. The fourth-order valence-corrected chi connectivity index (χ4v) is 8.21. The number of benzene rings is 7. The minimum Gasteiger partial charge on any atom is -0.455 e. The molecular weight excluding hydrogens is 691 g/mol. The fourth-order valence-electron chi connectivity index (χ4n) is 8.21. The van der Waals surface area contributed by atoms with Crippen molar-refractivity contribution in [2.75, 3.05) is 0 Å². The molecule has 0 aliphatic heterocycles. The van der Waals surface area contributed by atoms with Gasteiger partial charge in [0.2, 0.25) is 11.7 Å². The molecule has 0 N–H and O–H groups in total. The minimum absolute atomic E-state index is 0.486. The summed E-state index contributed by atoms with van der Waals surface area (Å²) in [6.07, 6.45) is 0. The van der Waals surface area contributed by atoms with Crippen LogP contribution in [0.3, 0.4) is 0 Å². The third-order valence-electron chi connectivity index (χ3n) is 10.7. The highest BCUT2D eigenvalue weighted by molar-refractivity contribution is 6.10.